The summed E-state index contributed by atoms with van der Waals surface area (Å²) in [6.45, 7) is 0. The van der Waals surface area contributed by atoms with E-state index < -0.39 is 0 Å². The Hall–Kier alpha value is 0.220. The van der Waals surface area contributed by atoms with Gasteiger partial charge >= 0.3 is 37.7 Å². The van der Waals surface area contributed by atoms with Gasteiger partial charge in [-0.15, -0.1) is 0 Å². The summed E-state index contributed by atoms with van der Waals surface area (Å²) in [6.07, 6.45) is 20.0. The van der Waals surface area contributed by atoms with E-state index >= 15 is 0 Å². The molecule has 0 aromatic rings. The molecule has 2 aliphatic carbocycles. The molecule has 2 radical (unpaired) electrons. The molecule has 0 spiro atoms. The second-order valence-electron chi connectivity index (χ2n) is 1.92. The third-order valence-corrected chi connectivity index (χ3v) is 1.11. The van der Waals surface area contributed by atoms with E-state index in [4.69, 9.17) is 0 Å². The topological polar surface area (TPSA) is 0 Å². The van der Waals surface area contributed by atoms with Crippen LogP contribution in [0.5, 0.6) is 0 Å². The maximum atomic E-state index is 2.00. The molecule has 50 valence electrons. The van der Waals surface area contributed by atoms with Crippen LogP contribution >= 0.6 is 0 Å². The van der Waals surface area contributed by atoms with Crippen LogP contribution in [0.2, 0.25) is 0 Å². The quantitative estimate of drug-likeness (QED) is 0.489. The summed E-state index contributed by atoms with van der Waals surface area (Å²) in [5, 5.41) is 0. The zero-order chi connectivity index (χ0) is 7.07. The number of hydrogen-bond acceptors (Lipinski definition) is 0. The van der Waals surface area contributed by atoms with Gasteiger partial charge in [0.15, 0.2) is 0 Å². The van der Waals surface area contributed by atoms with Crippen LogP contribution in [-0.2, 0) is 0 Å². The normalized spacial score (nSPS) is 16.0. The fourth-order valence-electron chi connectivity index (χ4n) is 0.642. The molecule has 11 heavy (non-hydrogen) atoms. The van der Waals surface area contributed by atoms with Crippen molar-refractivity contribution < 1.29 is 0 Å². The molecule has 1 heteroatoms. The van der Waals surface area contributed by atoms with Gasteiger partial charge in [-0.1, -0.05) is 48.6 Å². The van der Waals surface area contributed by atoms with Gasteiger partial charge in [0, 0.05) is 12.8 Å². The molecule has 0 nitrogen and oxygen atoms in total. The smallest absolute Gasteiger partial charge is 0.0767 e. The molecule has 0 atom stereocenters. The molecule has 0 unspecified atom stereocenters. The van der Waals surface area contributed by atoms with Crippen LogP contribution in [0, 0.1) is 12.8 Å². The van der Waals surface area contributed by atoms with Gasteiger partial charge < -0.3 is 0 Å². The van der Waals surface area contributed by atoms with E-state index in [0.29, 0.717) is 0 Å². The Balaban J connectivity index is 0.000000167. The fraction of sp³-hybridized carbons (Fsp3) is 0. The first-order chi connectivity index (χ1) is 5.00. The van der Waals surface area contributed by atoms with Crippen LogP contribution in [0.25, 0.3) is 0 Å². The zero-order valence-corrected chi connectivity index (χ0v) is 8.69. The SMILES string of the molecule is [CH]1C=CC=C1.[CH]1C=CC=C1.[Ca+2]. The largest absolute Gasteiger partial charge is 2.00 e. The molecular formula is C10H10Ca+2. The van der Waals surface area contributed by atoms with Crippen molar-refractivity contribution in [2.24, 2.45) is 0 Å². The summed E-state index contributed by atoms with van der Waals surface area (Å²) in [5.41, 5.74) is 0. The summed E-state index contributed by atoms with van der Waals surface area (Å²) in [5.74, 6) is 0. The van der Waals surface area contributed by atoms with Crippen molar-refractivity contribution in [1.82, 2.24) is 0 Å². The van der Waals surface area contributed by atoms with Gasteiger partial charge in [-0.3, -0.25) is 0 Å². The van der Waals surface area contributed by atoms with E-state index in [1.807, 2.05) is 61.4 Å². The maximum absolute atomic E-state index is 2.00. The van der Waals surface area contributed by atoms with Gasteiger partial charge in [0.05, 0.1) is 0 Å². The van der Waals surface area contributed by atoms with Gasteiger partial charge in [-0.2, -0.15) is 0 Å². The minimum atomic E-state index is 0. The average Bonchev–Trinajstić information content (AvgIpc) is 2.67. The van der Waals surface area contributed by atoms with Gasteiger partial charge in [-0.25, -0.2) is 0 Å². The monoisotopic (exact) mass is 170 g/mol. The van der Waals surface area contributed by atoms with Crippen LogP contribution < -0.4 is 0 Å². The molecule has 0 heterocycles. The number of allylic oxidation sites excluding steroid dienone is 8. The van der Waals surface area contributed by atoms with Crippen molar-refractivity contribution in [2.75, 3.05) is 0 Å². The Kier molecular flexibility index (Phi) is 8.48. The zero-order valence-electron chi connectivity index (χ0n) is 6.48. The summed E-state index contributed by atoms with van der Waals surface area (Å²) in [4.78, 5) is 0. The van der Waals surface area contributed by atoms with E-state index in [-0.39, 0.29) is 37.7 Å². The van der Waals surface area contributed by atoms with Crippen LogP contribution in [0.1, 0.15) is 0 Å². The summed E-state index contributed by atoms with van der Waals surface area (Å²) >= 11 is 0. The Bertz CT molecular complexity index is 143. The minimum absolute atomic E-state index is 0. The predicted molar refractivity (Wildman–Crippen MR) is 50.9 cm³/mol. The van der Waals surface area contributed by atoms with Crippen molar-refractivity contribution in [3.05, 3.63) is 61.4 Å². The molecule has 0 bridgehead atoms. The van der Waals surface area contributed by atoms with Crippen molar-refractivity contribution >= 4 is 37.7 Å². The third-order valence-electron chi connectivity index (χ3n) is 1.11. The molecule has 0 amide bonds. The Morgan fingerprint density at radius 3 is 0.727 bits per heavy atom. The molecule has 2 aliphatic rings. The summed E-state index contributed by atoms with van der Waals surface area (Å²) < 4.78 is 0. The van der Waals surface area contributed by atoms with Gasteiger partial charge in [0.25, 0.3) is 0 Å². The van der Waals surface area contributed by atoms with Gasteiger partial charge in [0.2, 0.25) is 0 Å². The standard InChI is InChI=1S/2C5H5.Ca/c2*1-2-4-5-3-1;/h2*1-5H;/q;;+2. The van der Waals surface area contributed by atoms with Gasteiger partial charge in [-0.05, 0) is 0 Å². The predicted octanol–water partition coefficient (Wildman–Crippen LogP) is 2.25. The first-order valence-electron chi connectivity index (χ1n) is 3.33. The van der Waals surface area contributed by atoms with E-state index in [9.17, 15) is 0 Å². The minimum Gasteiger partial charge on any atom is -0.0767 e. The fourth-order valence-corrected chi connectivity index (χ4v) is 0.642. The molecule has 0 fully saturated rings. The van der Waals surface area contributed by atoms with E-state index in [1.165, 1.54) is 0 Å². The molecule has 0 N–H and O–H groups in total. The van der Waals surface area contributed by atoms with Gasteiger partial charge in [0.1, 0.15) is 0 Å². The van der Waals surface area contributed by atoms with Crippen molar-refractivity contribution in [3.8, 4) is 0 Å². The Morgan fingerprint density at radius 1 is 0.364 bits per heavy atom. The van der Waals surface area contributed by atoms with Crippen LogP contribution in [0.4, 0.5) is 0 Å². The molecule has 0 aliphatic heterocycles. The molecule has 0 aromatic heterocycles. The average molecular weight is 170 g/mol. The van der Waals surface area contributed by atoms with E-state index in [2.05, 4.69) is 0 Å². The number of hydrogen-bond donors (Lipinski definition) is 0. The Morgan fingerprint density at radius 2 is 0.636 bits per heavy atom. The van der Waals surface area contributed by atoms with Crippen molar-refractivity contribution in [2.45, 2.75) is 0 Å². The number of rotatable bonds is 0. The molecule has 0 saturated heterocycles. The van der Waals surface area contributed by atoms with Crippen LogP contribution in [0.3, 0.4) is 0 Å². The molecule has 0 aromatic carbocycles. The summed E-state index contributed by atoms with van der Waals surface area (Å²) in [7, 11) is 0. The first-order valence-corrected chi connectivity index (χ1v) is 3.33. The molecule has 2 rings (SSSR count). The molecule has 0 saturated carbocycles. The Labute approximate surface area is 98.4 Å². The second-order valence-corrected chi connectivity index (χ2v) is 1.92. The second kappa shape index (κ2) is 8.32. The first kappa shape index (κ1) is 11.2. The van der Waals surface area contributed by atoms with E-state index in [1.54, 1.807) is 0 Å². The van der Waals surface area contributed by atoms with E-state index in [0.717, 1.165) is 0 Å². The van der Waals surface area contributed by atoms with Crippen LogP contribution in [-0.4, -0.2) is 37.7 Å². The maximum Gasteiger partial charge on any atom is 2.00 e. The van der Waals surface area contributed by atoms with Crippen molar-refractivity contribution in [1.29, 1.82) is 0 Å². The molecular weight excluding hydrogens is 160 g/mol. The summed E-state index contributed by atoms with van der Waals surface area (Å²) in [6, 6.07) is 0. The van der Waals surface area contributed by atoms with Crippen molar-refractivity contribution in [3.63, 3.8) is 0 Å². The third kappa shape index (κ3) is 6.61. The van der Waals surface area contributed by atoms with Crippen LogP contribution in [0.15, 0.2) is 48.6 Å².